The van der Waals surface area contributed by atoms with Crippen molar-refractivity contribution in [2.45, 2.75) is 6.42 Å². The fraction of sp³-hybridized carbons (Fsp3) is 0.600. The molecule has 2 aromatic rings. The number of hydrogen-bond donors (Lipinski definition) is 3. The fourth-order valence-corrected chi connectivity index (χ4v) is 2.85. The van der Waals surface area contributed by atoms with Crippen LogP contribution in [0.2, 0.25) is 0 Å². The summed E-state index contributed by atoms with van der Waals surface area (Å²) in [5.41, 5.74) is 1.34. The van der Waals surface area contributed by atoms with Crippen molar-refractivity contribution in [3.8, 4) is 0 Å². The molecule has 24 heavy (non-hydrogen) atoms. The molecule has 9 heteroatoms. The number of amides is 1. The molecule has 0 unspecified atom stereocenters. The Balaban J connectivity index is 1.42. The highest BCUT2D eigenvalue weighted by atomic mass is 16.2. The number of aromatic amines is 1. The van der Waals surface area contributed by atoms with Crippen LogP contribution in [0.15, 0.2) is 12.7 Å². The third-order valence-electron chi connectivity index (χ3n) is 4.13. The minimum atomic E-state index is -0.0101. The van der Waals surface area contributed by atoms with Crippen molar-refractivity contribution in [1.29, 1.82) is 0 Å². The van der Waals surface area contributed by atoms with Crippen LogP contribution >= 0.6 is 0 Å². The quantitative estimate of drug-likeness (QED) is 0.571. The predicted molar refractivity (Wildman–Crippen MR) is 91.9 cm³/mol. The Kier molecular flexibility index (Phi) is 5.55. The summed E-state index contributed by atoms with van der Waals surface area (Å²) in [5, 5.41) is 6.31. The summed E-state index contributed by atoms with van der Waals surface area (Å²) in [4.78, 5) is 31.8. The molecule has 0 aromatic carbocycles. The van der Waals surface area contributed by atoms with Gasteiger partial charge < -0.3 is 25.4 Å². The van der Waals surface area contributed by atoms with Gasteiger partial charge >= 0.3 is 0 Å². The van der Waals surface area contributed by atoms with Gasteiger partial charge in [0, 0.05) is 39.8 Å². The van der Waals surface area contributed by atoms with Gasteiger partial charge in [0.2, 0.25) is 5.91 Å². The second-order valence-corrected chi connectivity index (χ2v) is 5.95. The molecule has 0 spiro atoms. The maximum absolute atomic E-state index is 12.1. The van der Waals surface area contributed by atoms with Crippen molar-refractivity contribution in [2.75, 3.05) is 57.8 Å². The summed E-state index contributed by atoms with van der Waals surface area (Å²) in [6.45, 7) is 6.25. The molecule has 0 aliphatic carbocycles. The van der Waals surface area contributed by atoms with Crippen molar-refractivity contribution in [1.82, 2.24) is 35.5 Å². The number of nitrogens with zero attached hydrogens (tertiary/aromatic N) is 5. The zero-order valence-corrected chi connectivity index (χ0v) is 14.0. The number of fused-ring (bicyclic) bond motifs is 1. The van der Waals surface area contributed by atoms with Crippen LogP contribution in [0, 0.1) is 0 Å². The Morgan fingerprint density at radius 2 is 2.17 bits per heavy atom. The van der Waals surface area contributed by atoms with Crippen molar-refractivity contribution in [3.05, 3.63) is 12.7 Å². The highest BCUT2D eigenvalue weighted by Crippen LogP contribution is 2.17. The van der Waals surface area contributed by atoms with E-state index in [1.54, 1.807) is 11.2 Å². The van der Waals surface area contributed by atoms with E-state index in [-0.39, 0.29) is 12.5 Å². The molecule has 3 rings (SSSR count). The highest BCUT2D eigenvalue weighted by molar-refractivity contribution is 5.86. The molecule has 3 N–H and O–H groups in total. The van der Waals surface area contributed by atoms with Crippen molar-refractivity contribution in [3.63, 3.8) is 0 Å². The molecule has 3 heterocycles. The van der Waals surface area contributed by atoms with E-state index in [9.17, 15) is 4.79 Å². The largest absolute Gasteiger partial charge is 0.355 e. The van der Waals surface area contributed by atoms with E-state index < -0.39 is 0 Å². The third kappa shape index (κ3) is 4.18. The van der Waals surface area contributed by atoms with Gasteiger partial charge in [-0.25, -0.2) is 15.0 Å². The smallest absolute Gasteiger partial charge is 0.239 e. The summed E-state index contributed by atoms with van der Waals surface area (Å²) < 4.78 is 0. The minimum absolute atomic E-state index is 0.0101. The van der Waals surface area contributed by atoms with E-state index in [0.29, 0.717) is 18.0 Å². The van der Waals surface area contributed by atoms with Crippen LogP contribution < -0.4 is 15.5 Å². The average Bonchev–Trinajstić information content (AvgIpc) is 3.08. The normalized spacial score (nSPS) is 15.5. The van der Waals surface area contributed by atoms with Gasteiger partial charge in [0.15, 0.2) is 11.5 Å². The first-order valence-electron chi connectivity index (χ1n) is 8.29. The maximum atomic E-state index is 12.1. The molecular formula is C15H24N8O. The van der Waals surface area contributed by atoms with Crippen LogP contribution in [0.3, 0.4) is 0 Å². The first-order valence-corrected chi connectivity index (χ1v) is 8.29. The molecular weight excluding hydrogens is 308 g/mol. The zero-order valence-electron chi connectivity index (χ0n) is 14.0. The summed E-state index contributed by atoms with van der Waals surface area (Å²) in [6, 6.07) is 0. The number of anilines is 1. The Morgan fingerprint density at radius 1 is 1.33 bits per heavy atom. The van der Waals surface area contributed by atoms with Gasteiger partial charge in [-0.05, 0) is 13.0 Å². The monoisotopic (exact) mass is 332 g/mol. The summed E-state index contributed by atoms with van der Waals surface area (Å²) in [6.07, 6.45) is 4.00. The number of aromatic nitrogens is 4. The predicted octanol–water partition coefficient (Wildman–Crippen LogP) is -0.799. The topological polar surface area (TPSA) is 102 Å². The van der Waals surface area contributed by atoms with E-state index in [1.165, 1.54) is 6.33 Å². The SMILES string of the molecule is CN(CC(=O)NCCCN1CCNCC1)c1ncnc2nc[nH]c12. The summed E-state index contributed by atoms with van der Waals surface area (Å²) in [7, 11) is 1.84. The second-order valence-electron chi connectivity index (χ2n) is 5.95. The molecule has 130 valence electrons. The van der Waals surface area contributed by atoms with Gasteiger partial charge in [0.05, 0.1) is 12.9 Å². The Hall–Kier alpha value is -2.26. The Morgan fingerprint density at radius 3 is 3.00 bits per heavy atom. The molecule has 0 atom stereocenters. The van der Waals surface area contributed by atoms with Gasteiger partial charge in [0.1, 0.15) is 11.8 Å². The number of likely N-dealkylation sites (N-methyl/N-ethyl adjacent to an activating group) is 1. The Labute approximate surface area is 140 Å². The molecule has 0 bridgehead atoms. The van der Waals surface area contributed by atoms with E-state index in [1.807, 2.05) is 7.05 Å². The number of nitrogens with one attached hydrogen (secondary N) is 3. The van der Waals surface area contributed by atoms with E-state index in [4.69, 9.17) is 0 Å². The van der Waals surface area contributed by atoms with Crippen LogP contribution in [0.1, 0.15) is 6.42 Å². The minimum Gasteiger partial charge on any atom is -0.355 e. The second kappa shape index (κ2) is 8.02. The van der Waals surface area contributed by atoms with Crippen LogP contribution in [-0.2, 0) is 4.79 Å². The van der Waals surface area contributed by atoms with Crippen molar-refractivity contribution < 1.29 is 4.79 Å². The van der Waals surface area contributed by atoms with Gasteiger partial charge in [-0.1, -0.05) is 0 Å². The molecule has 1 amide bonds. The summed E-state index contributed by atoms with van der Waals surface area (Å²) in [5.74, 6) is 0.664. The fourth-order valence-electron chi connectivity index (χ4n) is 2.85. The first-order chi connectivity index (χ1) is 11.7. The average molecular weight is 332 g/mol. The number of carbonyl (C=O) groups is 1. The molecule has 9 nitrogen and oxygen atoms in total. The number of piperazine rings is 1. The van der Waals surface area contributed by atoms with Crippen molar-refractivity contribution in [2.24, 2.45) is 0 Å². The standard InChI is InChI=1S/C15H24N8O/c1-22(15-13-14(19-10-18-13)20-11-21-15)9-12(24)17-3-2-6-23-7-4-16-5-8-23/h10-11,16H,2-9H2,1H3,(H,17,24)(H,18,19,20,21). The van der Waals surface area contributed by atoms with Crippen LogP contribution in [0.25, 0.3) is 11.2 Å². The molecule has 1 aliphatic heterocycles. The van der Waals surface area contributed by atoms with Gasteiger partial charge in [-0.15, -0.1) is 0 Å². The van der Waals surface area contributed by atoms with Crippen LogP contribution in [0.4, 0.5) is 5.82 Å². The van der Waals surface area contributed by atoms with Gasteiger partial charge in [-0.3, -0.25) is 4.79 Å². The lowest BCUT2D eigenvalue weighted by Crippen LogP contribution is -2.44. The van der Waals surface area contributed by atoms with Gasteiger partial charge in [0.25, 0.3) is 0 Å². The molecule has 1 saturated heterocycles. The number of carbonyl (C=O) groups excluding carboxylic acids is 1. The third-order valence-corrected chi connectivity index (χ3v) is 4.13. The van der Waals surface area contributed by atoms with Crippen LogP contribution in [-0.4, -0.2) is 83.6 Å². The number of imidazole rings is 1. The lowest BCUT2D eigenvalue weighted by Gasteiger charge is -2.27. The molecule has 1 fully saturated rings. The molecule has 2 aromatic heterocycles. The van der Waals surface area contributed by atoms with E-state index in [2.05, 4.69) is 35.5 Å². The molecule has 0 saturated carbocycles. The Bertz CT molecular complexity index is 666. The van der Waals surface area contributed by atoms with E-state index >= 15 is 0 Å². The molecule has 0 radical (unpaired) electrons. The number of H-pyrrole nitrogens is 1. The maximum Gasteiger partial charge on any atom is 0.239 e. The van der Waals surface area contributed by atoms with Crippen molar-refractivity contribution >= 4 is 22.9 Å². The first kappa shape index (κ1) is 16.6. The lowest BCUT2D eigenvalue weighted by molar-refractivity contribution is -0.119. The van der Waals surface area contributed by atoms with E-state index in [0.717, 1.165) is 44.7 Å². The van der Waals surface area contributed by atoms with Crippen LogP contribution in [0.5, 0.6) is 0 Å². The van der Waals surface area contributed by atoms with Gasteiger partial charge in [-0.2, -0.15) is 0 Å². The highest BCUT2D eigenvalue weighted by Gasteiger charge is 2.13. The number of rotatable bonds is 7. The molecule has 1 aliphatic rings. The lowest BCUT2D eigenvalue weighted by atomic mass is 10.3. The summed E-state index contributed by atoms with van der Waals surface area (Å²) >= 11 is 0. The number of hydrogen-bond acceptors (Lipinski definition) is 7. The zero-order chi connectivity index (χ0) is 16.8.